The van der Waals surface area contributed by atoms with Crippen molar-refractivity contribution >= 4 is 55.8 Å². The molecule has 1 amide bonds. The summed E-state index contributed by atoms with van der Waals surface area (Å²) in [4.78, 5) is 26.9. The zero-order valence-electron chi connectivity index (χ0n) is 20.3. The van der Waals surface area contributed by atoms with Crippen molar-refractivity contribution in [1.82, 2.24) is 14.9 Å². The zero-order chi connectivity index (χ0) is 26.0. The number of nitrogens with zero attached hydrogens (tertiary/aromatic N) is 4. The van der Waals surface area contributed by atoms with E-state index in [1.165, 1.54) is 5.56 Å². The molecule has 10 heteroatoms. The highest BCUT2D eigenvalue weighted by atomic mass is 127. The third kappa shape index (κ3) is 6.09. The van der Waals surface area contributed by atoms with Gasteiger partial charge in [-0.3, -0.25) is 9.78 Å². The zero-order valence-corrected chi connectivity index (χ0v) is 24.0. The first-order chi connectivity index (χ1) is 17.8. The summed E-state index contributed by atoms with van der Waals surface area (Å²) in [5, 5.41) is 0.670. The van der Waals surface area contributed by atoms with Crippen molar-refractivity contribution in [1.29, 1.82) is 0 Å². The first-order valence-electron chi connectivity index (χ1n) is 12.4. The minimum absolute atomic E-state index is 0.0785. The normalized spacial score (nSPS) is 18.1. The Hall–Kier alpha value is -2.24. The van der Waals surface area contributed by atoms with Crippen LogP contribution in [0.2, 0.25) is 5.02 Å². The van der Waals surface area contributed by atoms with Gasteiger partial charge in [-0.1, -0.05) is 70.6 Å². The van der Waals surface area contributed by atoms with Crippen LogP contribution in [0.15, 0.2) is 54.7 Å². The number of carbonyl (C=O) groups excluding carboxylic acids is 1. The number of amides is 1. The standard InChI is InChI=1S/C27H28ClIN4O3S/c28-23-7-5-20(6-8-23)25-26(21-3-1-19(17-29)2-4-21)31-24(18-30-25)32-11-13-33(14-12-32)27(34)22-9-15-37(35,36)16-10-22/h1-8,18,22H,9-17H2. The first kappa shape index (κ1) is 26.4. The molecule has 0 radical (unpaired) electrons. The maximum Gasteiger partial charge on any atom is 0.225 e. The predicted octanol–water partition coefficient (Wildman–Crippen LogP) is 4.87. The van der Waals surface area contributed by atoms with E-state index in [1.54, 1.807) is 6.20 Å². The highest BCUT2D eigenvalue weighted by molar-refractivity contribution is 14.1. The van der Waals surface area contributed by atoms with Crippen LogP contribution in [-0.4, -0.2) is 66.9 Å². The van der Waals surface area contributed by atoms with Crippen molar-refractivity contribution < 1.29 is 13.2 Å². The molecule has 2 aliphatic heterocycles. The average Bonchev–Trinajstić information content (AvgIpc) is 2.93. The summed E-state index contributed by atoms with van der Waals surface area (Å²) in [5.41, 5.74) is 4.79. The Balaban J connectivity index is 1.35. The maximum atomic E-state index is 13.0. The molecule has 7 nitrogen and oxygen atoms in total. The van der Waals surface area contributed by atoms with Gasteiger partial charge in [0.1, 0.15) is 15.7 Å². The van der Waals surface area contributed by atoms with E-state index in [4.69, 9.17) is 21.6 Å². The number of halogens is 2. The topological polar surface area (TPSA) is 83.5 Å². The fourth-order valence-corrected chi connectivity index (χ4v) is 6.98. The Kier molecular flexibility index (Phi) is 8.02. The summed E-state index contributed by atoms with van der Waals surface area (Å²) in [7, 11) is -2.98. The van der Waals surface area contributed by atoms with Crippen molar-refractivity contribution in [2.75, 3.05) is 42.6 Å². The van der Waals surface area contributed by atoms with E-state index in [2.05, 4.69) is 51.8 Å². The number of anilines is 1. The third-order valence-electron chi connectivity index (χ3n) is 7.08. The van der Waals surface area contributed by atoms with Gasteiger partial charge in [-0.05, 0) is 30.5 Å². The van der Waals surface area contributed by atoms with Crippen LogP contribution >= 0.6 is 34.2 Å². The summed E-state index contributed by atoms with van der Waals surface area (Å²) in [6, 6.07) is 16.0. The van der Waals surface area contributed by atoms with Crippen LogP contribution in [0.3, 0.4) is 0 Å². The van der Waals surface area contributed by atoms with Gasteiger partial charge < -0.3 is 9.80 Å². The summed E-state index contributed by atoms with van der Waals surface area (Å²) in [5.74, 6) is 0.892. The maximum absolute atomic E-state index is 13.0. The van der Waals surface area contributed by atoms with Crippen LogP contribution in [0.25, 0.3) is 22.5 Å². The van der Waals surface area contributed by atoms with Crippen LogP contribution in [0.1, 0.15) is 18.4 Å². The van der Waals surface area contributed by atoms with E-state index < -0.39 is 9.84 Å². The molecule has 2 aromatic carbocycles. The average molecular weight is 651 g/mol. The van der Waals surface area contributed by atoms with Gasteiger partial charge in [0.25, 0.3) is 0 Å². The number of aromatic nitrogens is 2. The van der Waals surface area contributed by atoms with E-state index in [0.29, 0.717) is 44.0 Å². The second-order valence-corrected chi connectivity index (χ2v) is 13.0. The fraction of sp³-hybridized carbons (Fsp3) is 0.370. The molecule has 194 valence electrons. The number of hydrogen-bond acceptors (Lipinski definition) is 6. The van der Waals surface area contributed by atoms with E-state index in [-0.39, 0.29) is 23.3 Å². The van der Waals surface area contributed by atoms with Crippen molar-refractivity contribution in [3.63, 3.8) is 0 Å². The summed E-state index contributed by atoms with van der Waals surface area (Å²) in [6.07, 6.45) is 2.66. The highest BCUT2D eigenvalue weighted by Crippen LogP contribution is 2.32. The summed E-state index contributed by atoms with van der Waals surface area (Å²) < 4.78 is 24.4. The number of carbonyl (C=O) groups is 1. The Labute approximate surface area is 236 Å². The molecule has 1 aromatic heterocycles. The van der Waals surface area contributed by atoms with Crippen molar-refractivity contribution in [2.24, 2.45) is 5.92 Å². The molecular weight excluding hydrogens is 623 g/mol. The SMILES string of the molecule is O=C(C1CCS(=O)(=O)CC1)N1CCN(c2cnc(-c3ccc(Cl)cc3)c(-c3ccc(CI)cc3)n2)CC1. The van der Waals surface area contributed by atoms with Gasteiger partial charge in [0, 0.05) is 52.7 Å². The molecule has 3 heterocycles. The molecule has 2 aliphatic rings. The molecule has 0 saturated carbocycles. The fourth-order valence-electron chi connectivity index (χ4n) is 4.86. The smallest absolute Gasteiger partial charge is 0.225 e. The lowest BCUT2D eigenvalue weighted by Crippen LogP contribution is -2.51. The second kappa shape index (κ2) is 11.2. The lowest BCUT2D eigenvalue weighted by atomic mass is 10.0. The largest absolute Gasteiger partial charge is 0.352 e. The molecule has 37 heavy (non-hydrogen) atoms. The Morgan fingerprint density at radius 3 is 2.14 bits per heavy atom. The molecule has 0 bridgehead atoms. The Bertz CT molecular complexity index is 1360. The van der Waals surface area contributed by atoms with Crippen LogP contribution in [-0.2, 0) is 19.1 Å². The van der Waals surface area contributed by atoms with Crippen LogP contribution < -0.4 is 4.90 Å². The van der Waals surface area contributed by atoms with Crippen LogP contribution in [0, 0.1) is 5.92 Å². The predicted molar refractivity (Wildman–Crippen MR) is 156 cm³/mol. The summed E-state index contributed by atoms with van der Waals surface area (Å²) in [6.45, 7) is 2.47. The number of rotatable bonds is 5. The molecule has 0 spiro atoms. The van der Waals surface area contributed by atoms with Gasteiger partial charge in [-0.2, -0.15) is 0 Å². The molecule has 2 saturated heterocycles. The highest BCUT2D eigenvalue weighted by Gasteiger charge is 2.33. The minimum atomic E-state index is -2.98. The third-order valence-corrected chi connectivity index (χ3v) is 9.93. The van der Waals surface area contributed by atoms with E-state index >= 15 is 0 Å². The van der Waals surface area contributed by atoms with Gasteiger partial charge in [0.2, 0.25) is 5.91 Å². The lowest BCUT2D eigenvalue weighted by Gasteiger charge is -2.37. The quantitative estimate of drug-likeness (QED) is 0.290. The Morgan fingerprint density at radius 2 is 1.51 bits per heavy atom. The molecule has 0 aliphatic carbocycles. The van der Waals surface area contributed by atoms with Gasteiger partial charge in [-0.25, -0.2) is 13.4 Å². The van der Waals surface area contributed by atoms with Crippen LogP contribution in [0.4, 0.5) is 5.82 Å². The van der Waals surface area contributed by atoms with Crippen LogP contribution in [0.5, 0.6) is 0 Å². The van der Waals surface area contributed by atoms with E-state index in [9.17, 15) is 13.2 Å². The number of sulfone groups is 1. The molecule has 5 rings (SSSR count). The molecule has 2 fully saturated rings. The summed E-state index contributed by atoms with van der Waals surface area (Å²) >= 11 is 8.47. The number of piperazine rings is 1. The first-order valence-corrected chi connectivity index (χ1v) is 16.1. The van der Waals surface area contributed by atoms with E-state index in [1.807, 2.05) is 29.2 Å². The number of hydrogen-bond donors (Lipinski definition) is 0. The van der Waals surface area contributed by atoms with Gasteiger partial charge in [0.05, 0.1) is 29.1 Å². The number of alkyl halides is 1. The Morgan fingerprint density at radius 1 is 0.919 bits per heavy atom. The van der Waals surface area contributed by atoms with Gasteiger partial charge in [-0.15, -0.1) is 0 Å². The van der Waals surface area contributed by atoms with Crippen molar-refractivity contribution in [3.05, 3.63) is 65.3 Å². The molecule has 0 unspecified atom stereocenters. The molecular formula is C27H28ClIN4O3S. The monoisotopic (exact) mass is 650 g/mol. The van der Waals surface area contributed by atoms with Crippen molar-refractivity contribution in [2.45, 2.75) is 17.3 Å². The van der Waals surface area contributed by atoms with Gasteiger partial charge >= 0.3 is 0 Å². The van der Waals surface area contributed by atoms with E-state index in [0.717, 1.165) is 32.8 Å². The molecule has 0 N–H and O–H groups in total. The van der Waals surface area contributed by atoms with Crippen molar-refractivity contribution in [3.8, 4) is 22.5 Å². The minimum Gasteiger partial charge on any atom is -0.352 e. The molecule has 3 aromatic rings. The lowest BCUT2D eigenvalue weighted by molar-refractivity contribution is -0.136. The van der Waals surface area contributed by atoms with Gasteiger partial charge in [0.15, 0.2) is 0 Å². The molecule has 0 atom stereocenters. The number of benzene rings is 2. The second-order valence-electron chi connectivity index (χ2n) is 9.50.